The van der Waals surface area contributed by atoms with Gasteiger partial charge in [0.25, 0.3) is 11.8 Å². The lowest BCUT2D eigenvalue weighted by atomic mass is 9.93. The monoisotopic (exact) mass is 486 g/mol. The van der Waals surface area contributed by atoms with E-state index >= 15 is 0 Å². The molecule has 0 fully saturated rings. The third-order valence-electron chi connectivity index (χ3n) is 5.33. The number of phenols is 4. The lowest BCUT2D eigenvalue weighted by Crippen LogP contribution is -2.16. The largest absolute Gasteiger partial charge is 0.504 e. The molecule has 0 atom stereocenters. The summed E-state index contributed by atoms with van der Waals surface area (Å²) in [6.07, 6.45) is 0. The van der Waals surface area contributed by atoms with Crippen molar-refractivity contribution in [1.29, 1.82) is 0 Å². The average Bonchev–Trinajstić information content (AvgIpc) is 2.84. The van der Waals surface area contributed by atoms with E-state index in [1.54, 1.807) is 24.3 Å². The number of anilines is 4. The minimum Gasteiger partial charge on any atom is -0.504 e. The zero-order chi connectivity index (χ0) is 26.0. The first-order chi connectivity index (χ1) is 17.1. The second-order valence-corrected chi connectivity index (χ2v) is 7.93. The highest BCUT2D eigenvalue weighted by Crippen LogP contribution is 2.33. The predicted molar refractivity (Wildman–Crippen MR) is 136 cm³/mol. The Bertz CT molecular complexity index is 1390. The van der Waals surface area contributed by atoms with Crippen LogP contribution in [0.1, 0.15) is 20.7 Å². The molecule has 0 aliphatic rings. The van der Waals surface area contributed by atoms with Crippen molar-refractivity contribution in [3.05, 3.63) is 83.9 Å². The number of carbonyl (C=O) groups excluding carboxylic acids is 2. The molecule has 0 saturated carbocycles. The van der Waals surface area contributed by atoms with Crippen LogP contribution in [-0.2, 0) is 0 Å². The minimum atomic E-state index is -0.575. The van der Waals surface area contributed by atoms with E-state index in [9.17, 15) is 30.0 Å². The maximum absolute atomic E-state index is 13.2. The van der Waals surface area contributed by atoms with Crippen LogP contribution in [0.2, 0.25) is 0 Å². The second kappa shape index (κ2) is 9.47. The topological polar surface area (TPSA) is 191 Å². The van der Waals surface area contributed by atoms with Gasteiger partial charge in [0.05, 0.1) is 0 Å². The summed E-state index contributed by atoms with van der Waals surface area (Å²) in [6.45, 7) is 0. The van der Waals surface area contributed by atoms with Crippen molar-refractivity contribution in [3.63, 3.8) is 0 Å². The Balaban J connectivity index is 1.73. The fourth-order valence-corrected chi connectivity index (χ4v) is 3.57. The molecule has 36 heavy (non-hydrogen) atoms. The smallest absolute Gasteiger partial charge is 0.256 e. The van der Waals surface area contributed by atoms with E-state index in [1.165, 1.54) is 48.5 Å². The standard InChI is InChI=1S/C26H22N4O6/c27-13-1-5-17(19(9-13)25(35)29-15-3-7-21(31)23(33)11-15)18-6-2-14(28)10-20(18)26(36)30-16-4-8-22(32)24(34)12-16/h1-12,31-34H,27-28H2,(H,29,35)(H,30,36). The van der Waals surface area contributed by atoms with Crippen molar-refractivity contribution in [1.82, 2.24) is 0 Å². The van der Waals surface area contributed by atoms with Crippen LogP contribution >= 0.6 is 0 Å². The second-order valence-electron chi connectivity index (χ2n) is 7.93. The molecule has 0 aromatic heterocycles. The van der Waals surface area contributed by atoms with Gasteiger partial charge < -0.3 is 42.5 Å². The number of nitrogen functional groups attached to an aromatic ring is 2. The van der Waals surface area contributed by atoms with E-state index in [0.717, 1.165) is 0 Å². The van der Waals surface area contributed by atoms with Crippen LogP contribution in [0.15, 0.2) is 72.8 Å². The molecule has 0 heterocycles. The normalized spacial score (nSPS) is 10.6. The summed E-state index contributed by atoms with van der Waals surface area (Å²) in [5, 5.41) is 43.7. The first-order valence-corrected chi connectivity index (χ1v) is 10.6. The Hall–Kier alpha value is -5.38. The Morgan fingerprint density at radius 2 is 0.917 bits per heavy atom. The van der Waals surface area contributed by atoms with Gasteiger partial charge in [0.2, 0.25) is 0 Å². The molecule has 4 rings (SSSR count). The molecule has 0 aliphatic heterocycles. The zero-order valence-electron chi connectivity index (χ0n) is 18.7. The van der Waals surface area contributed by atoms with E-state index in [1.807, 2.05) is 0 Å². The Morgan fingerprint density at radius 3 is 1.28 bits per heavy atom. The molecule has 4 aromatic rings. The van der Waals surface area contributed by atoms with Crippen LogP contribution in [-0.4, -0.2) is 32.2 Å². The first kappa shape index (κ1) is 23.8. The highest BCUT2D eigenvalue weighted by molar-refractivity contribution is 6.14. The number of hydrogen-bond donors (Lipinski definition) is 8. The molecule has 10 N–H and O–H groups in total. The number of rotatable bonds is 5. The third-order valence-corrected chi connectivity index (χ3v) is 5.33. The third kappa shape index (κ3) is 4.92. The number of nitrogens with two attached hydrogens (primary N) is 2. The molecule has 0 aliphatic carbocycles. The number of carbonyl (C=O) groups is 2. The van der Waals surface area contributed by atoms with Crippen molar-refractivity contribution in [2.45, 2.75) is 0 Å². The van der Waals surface area contributed by atoms with Crippen LogP contribution in [0, 0.1) is 0 Å². The fourth-order valence-electron chi connectivity index (χ4n) is 3.57. The zero-order valence-corrected chi connectivity index (χ0v) is 18.7. The molecule has 10 nitrogen and oxygen atoms in total. The van der Waals surface area contributed by atoms with E-state index in [4.69, 9.17) is 11.5 Å². The van der Waals surface area contributed by atoms with Crippen LogP contribution in [0.5, 0.6) is 23.0 Å². The molecule has 0 bridgehead atoms. The molecular weight excluding hydrogens is 464 g/mol. The van der Waals surface area contributed by atoms with E-state index in [2.05, 4.69) is 10.6 Å². The van der Waals surface area contributed by atoms with Crippen molar-refractivity contribution in [3.8, 4) is 34.1 Å². The summed E-state index contributed by atoms with van der Waals surface area (Å²) in [4.78, 5) is 26.4. The molecule has 0 spiro atoms. The summed E-state index contributed by atoms with van der Waals surface area (Å²) in [7, 11) is 0. The SMILES string of the molecule is Nc1ccc(-c2ccc(N)cc2C(=O)Nc2ccc(O)c(O)c2)c(C(=O)Nc2ccc(O)c(O)c2)c1. The van der Waals surface area contributed by atoms with Gasteiger partial charge in [-0.2, -0.15) is 0 Å². The number of benzene rings is 4. The average molecular weight is 486 g/mol. The van der Waals surface area contributed by atoms with Crippen LogP contribution in [0.25, 0.3) is 11.1 Å². The maximum Gasteiger partial charge on any atom is 0.256 e. The van der Waals surface area contributed by atoms with E-state index in [-0.39, 0.29) is 34.0 Å². The summed E-state index contributed by atoms with van der Waals surface area (Å²) in [5.74, 6) is -2.63. The molecule has 0 radical (unpaired) electrons. The van der Waals surface area contributed by atoms with Gasteiger partial charge in [-0.25, -0.2) is 0 Å². The quantitative estimate of drug-likeness (QED) is 0.118. The summed E-state index contributed by atoms with van der Waals surface area (Å²) < 4.78 is 0. The van der Waals surface area contributed by atoms with Crippen molar-refractivity contribution in [2.24, 2.45) is 0 Å². The van der Waals surface area contributed by atoms with E-state index < -0.39 is 23.3 Å². The first-order valence-electron chi connectivity index (χ1n) is 10.6. The lowest BCUT2D eigenvalue weighted by molar-refractivity contribution is 0.101. The number of aromatic hydroxyl groups is 4. The number of nitrogens with one attached hydrogen (secondary N) is 2. The van der Waals surface area contributed by atoms with Gasteiger partial charge in [-0.15, -0.1) is 0 Å². The Morgan fingerprint density at radius 1 is 0.528 bits per heavy atom. The summed E-state index contributed by atoms with van der Waals surface area (Å²) in [5.41, 5.74) is 14.0. The van der Waals surface area contributed by atoms with E-state index in [0.29, 0.717) is 22.5 Å². The van der Waals surface area contributed by atoms with Gasteiger partial charge in [0, 0.05) is 46.0 Å². The van der Waals surface area contributed by atoms with Gasteiger partial charge in [-0.05, 0) is 59.7 Å². The molecule has 2 amide bonds. The molecule has 10 heteroatoms. The number of hydrogen-bond acceptors (Lipinski definition) is 8. The summed E-state index contributed by atoms with van der Waals surface area (Å²) >= 11 is 0. The number of phenolic OH excluding ortho intramolecular Hbond substituents is 4. The predicted octanol–water partition coefficient (Wildman–Crippen LogP) is 3.85. The van der Waals surface area contributed by atoms with Gasteiger partial charge >= 0.3 is 0 Å². The van der Waals surface area contributed by atoms with Crippen molar-refractivity contribution < 1.29 is 30.0 Å². The molecule has 182 valence electrons. The molecule has 0 saturated heterocycles. The van der Waals surface area contributed by atoms with Crippen molar-refractivity contribution >= 4 is 34.6 Å². The van der Waals surface area contributed by atoms with Gasteiger partial charge in [0.15, 0.2) is 23.0 Å². The van der Waals surface area contributed by atoms with Crippen molar-refractivity contribution in [2.75, 3.05) is 22.1 Å². The lowest BCUT2D eigenvalue weighted by Gasteiger charge is -2.16. The number of amides is 2. The summed E-state index contributed by atoms with van der Waals surface area (Å²) in [6, 6.07) is 16.9. The minimum absolute atomic E-state index is 0.142. The van der Waals surface area contributed by atoms with Gasteiger partial charge in [-0.3, -0.25) is 9.59 Å². The Labute approximate surface area is 205 Å². The van der Waals surface area contributed by atoms with Crippen LogP contribution in [0.3, 0.4) is 0 Å². The molecule has 0 unspecified atom stereocenters. The van der Waals surface area contributed by atoms with Gasteiger partial charge in [0.1, 0.15) is 0 Å². The highest BCUT2D eigenvalue weighted by atomic mass is 16.3. The van der Waals surface area contributed by atoms with Gasteiger partial charge in [-0.1, -0.05) is 12.1 Å². The fraction of sp³-hybridized carbons (Fsp3) is 0. The maximum atomic E-state index is 13.2. The van der Waals surface area contributed by atoms with Crippen LogP contribution < -0.4 is 22.1 Å². The Kier molecular flexibility index (Phi) is 6.25. The van der Waals surface area contributed by atoms with Crippen LogP contribution in [0.4, 0.5) is 22.7 Å². The molecular formula is C26H22N4O6. The highest BCUT2D eigenvalue weighted by Gasteiger charge is 2.20. The molecule has 4 aromatic carbocycles.